The highest BCUT2D eigenvalue weighted by Gasteiger charge is 2.26. The molecule has 0 unspecified atom stereocenters. The molecule has 2 aromatic rings. The molecule has 8 heteroatoms. The van der Waals surface area contributed by atoms with E-state index in [0.717, 1.165) is 5.56 Å². The Hall–Kier alpha value is -1.76. The number of amides is 2. The van der Waals surface area contributed by atoms with Gasteiger partial charge < -0.3 is 10.2 Å². The number of thioether (sulfide) groups is 1. The Bertz CT molecular complexity index is 911. The zero-order chi connectivity index (χ0) is 23.0. The summed E-state index contributed by atoms with van der Waals surface area (Å²) in [6, 6.07) is 10.8. The fourth-order valence-electron chi connectivity index (χ4n) is 2.82. The van der Waals surface area contributed by atoms with Crippen LogP contribution in [0.25, 0.3) is 0 Å². The highest BCUT2D eigenvalue weighted by molar-refractivity contribution is 7.99. The SMILES string of the molecule is CC(C)CNC(=O)[C@H](C)N(Cc1ccccc1F)C(=O)CSCc1ccc(Cl)cc1Cl. The van der Waals surface area contributed by atoms with Crippen molar-refractivity contribution in [1.29, 1.82) is 0 Å². The van der Waals surface area contributed by atoms with Crippen LogP contribution < -0.4 is 5.32 Å². The lowest BCUT2D eigenvalue weighted by molar-refractivity contribution is -0.138. The van der Waals surface area contributed by atoms with Crippen LogP contribution in [0.2, 0.25) is 10.0 Å². The molecule has 1 N–H and O–H groups in total. The molecule has 0 heterocycles. The Morgan fingerprint density at radius 1 is 1.10 bits per heavy atom. The summed E-state index contributed by atoms with van der Waals surface area (Å²) in [5.74, 6) is 0.0233. The van der Waals surface area contributed by atoms with Gasteiger partial charge in [0.05, 0.1) is 5.75 Å². The van der Waals surface area contributed by atoms with Gasteiger partial charge in [0.25, 0.3) is 0 Å². The highest BCUT2D eigenvalue weighted by atomic mass is 35.5. The van der Waals surface area contributed by atoms with Gasteiger partial charge in [0.2, 0.25) is 11.8 Å². The predicted molar refractivity (Wildman–Crippen MR) is 127 cm³/mol. The molecule has 0 aliphatic carbocycles. The maximum Gasteiger partial charge on any atom is 0.242 e. The van der Waals surface area contributed by atoms with Gasteiger partial charge in [0.1, 0.15) is 11.9 Å². The van der Waals surface area contributed by atoms with Crippen LogP contribution in [0.3, 0.4) is 0 Å². The molecule has 0 saturated heterocycles. The quantitative estimate of drug-likeness (QED) is 0.480. The maximum atomic E-state index is 14.2. The predicted octanol–water partition coefficient (Wildman–Crippen LogP) is 5.56. The van der Waals surface area contributed by atoms with Crippen LogP contribution in [-0.4, -0.2) is 35.1 Å². The van der Waals surface area contributed by atoms with E-state index < -0.39 is 11.9 Å². The van der Waals surface area contributed by atoms with Gasteiger partial charge in [-0.2, -0.15) is 0 Å². The van der Waals surface area contributed by atoms with Crippen molar-refractivity contribution in [2.75, 3.05) is 12.3 Å². The fourth-order valence-corrected chi connectivity index (χ4v) is 4.28. The first-order valence-corrected chi connectivity index (χ1v) is 11.9. The first-order valence-electron chi connectivity index (χ1n) is 10.0. The van der Waals surface area contributed by atoms with Gasteiger partial charge in [-0.15, -0.1) is 11.8 Å². The van der Waals surface area contributed by atoms with E-state index in [9.17, 15) is 14.0 Å². The average Bonchev–Trinajstić information content (AvgIpc) is 2.72. The van der Waals surface area contributed by atoms with Crippen LogP contribution >= 0.6 is 35.0 Å². The zero-order valence-corrected chi connectivity index (χ0v) is 20.2. The summed E-state index contributed by atoms with van der Waals surface area (Å²) in [5, 5.41) is 3.94. The van der Waals surface area contributed by atoms with Gasteiger partial charge in [-0.05, 0) is 36.6 Å². The van der Waals surface area contributed by atoms with Crippen LogP contribution in [0.5, 0.6) is 0 Å². The third-order valence-corrected chi connectivity index (χ3v) is 6.20. The Morgan fingerprint density at radius 2 is 1.81 bits per heavy atom. The van der Waals surface area contributed by atoms with Gasteiger partial charge in [0, 0.05) is 34.5 Å². The van der Waals surface area contributed by atoms with Crippen LogP contribution in [0.4, 0.5) is 4.39 Å². The van der Waals surface area contributed by atoms with E-state index >= 15 is 0 Å². The van der Waals surface area contributed by atoms with Crippen molar-refractivity contribution in [2.24, 2.45) is 5.92 Å². The summed E-state index contributed by atoms with van der Waals surface area (Å²) in [4.78, 5) is 27.0. The number of halogens is 3. The minimum absolute atomic E-state index is 0.0179. The standard InChI is InChI=1S/C23H27Cl2FN2O2S/c1-15(2)11-27-23(30)16(3)28(12-17-6-4-5-7-21(17)26)22(29)14-31-13-18-8-9-19(24)10-20(18)25/h4-10,15-16H,11-14H2,1-3H3,(H,27,30)/t16-/m0/s1. The Balaban J connectivity index is 2.09. The Morgan fingerprint density at radius 3 is 2.45 bits per heavy atom. The molecule has 0 aliphatic heterocycles. The number of hydrogen-bond acceptors (Lipinski definition) is 3. The van der Waals surface area contributed by atoms with E-state index in [1.807, 2.05) is 19.9 Å². The van der Waals surface area contributed by atoms with Gasteiger partial charge in [-0.3, -0.25) is 9.59 Å². The van der Waals surface area contributed by atoms with Crippen molar-refractivity contribution >= 4 is 46.8 Å². The molecule has 0 aliphatic rings. The second kappa shape index (κ2) is 12.3. The first kappa shape index (κ1) is 25.5. The smallest absolute Gasteiger partial charge is 0.242 e. The minimum atomic E-state index is -0.731. The third kappa shape index (κ3) is 8.02. The lowest BCUT2D eigenvalue weighted by Gasteiger charge is -2.29. The number of rotatable bonds is 10. The molecule has 168 valence electrons. The lowest BCUT2D eigenvalue weighted by Crippen LogP contribution is -2.48. The molecule has 0 spiro atoms. The molecule has 0 bridgehead atoms. The Kier molecular flexibility index (Phi) is 10.1. The first-order chi connectivity index (χ1) is 14.7. The van der Waals surface area contributed by atoms with Crippen molar-refractivity contribution < 1.29 is 14.0 Å². The molecule has 2 amide bonds. The van der Waals surface area contributed by atoms with Crippen molar-refractivity contribution in [1.82, 2.24) is 10.2 Å². The maximum absolute atomic E-state index is 14.2. The van der Waals surface area contributed by atoms with Crippen LogP contribution in [0, 0.1) is 11.7 Å². The molecule has 0 saturated carbocycles. The van der Waals surface area contributed by atoms with E-state index in [1.54, 1.807) is 37.3 Å². The minimum Gasteiger partial charge on any atom is -0.354 e. The summed E-state index contributed by atoms with van der Waals surface area (Å²) < 4.78 is 14.2. The molecule has 1 atom stereocenters. The Labute approximate surface area is 197 Å². The van der Waals surface area contributed by atoms with Gasteiger partial charge in [0.15, 0.2) is 0 Å². The molecule has 0 radical (unpaired) electrons. The molecule has 0 aromatic heterocycles. The zero-order valence-electron chi connectivity index (χ0n) is 17.8. The summed E-state index contributed by atoms with van der Waals surface area (Å²) in [5.41, 5.74) is 1.23. The average molecular weight is 485 g/mol. The molecule has 31 heavy (non-hydrogen) atoms. The fraction of sp³-hybridized carbons (Fsp3) is 0.391. The summed E-state index contributed by atoms with van der Waals surface area (Å²) in [6.07, 6.45) is 0. The largest absolute Gasteiger partial charge is 0.354 e. The number of benzene rings is 2. The number of hydrogen-bond donors (Lipinski definition) is 1. The summed E-state index contributed by atoms with van der Waals surface area (Å²) in [6.45, 7) is 6.17. The van der Waals surface area contributed by atoms with Crippen LogP contribution in [-0.2, 0) is 21.9 Å². The topological polar surface area (TPSA) is 49.4 Å². The van der Waals surface area contributed by atoms with E-state index in [2.05, 4.69) is 5.32 Å². The van der Waals surface area contributed by atoms with E-state index in [-0.39, 0.29) is 30.0 Å². The molecular formula is C23H27Cl2FN2O2S. The molecule has 2 rings (SSSR count). The number of nitrogens with one attached hydrogen (secondary N) is 1. The number of carbonyl (C=O) groups excluding carboxylic acids is 2. The summed E-state index contributed by atoms with van der Waals surface area (Å²) in [7, 11) is 0. The van der Waals surface area contributed by atoms with Gasteiger partial charge in [-0.25, -0.2) is 4.39 Å². The third-order valence-electron chi connectivity index (χ3n) is 4.65. The molecule has 2 aromatic carbocycles. The number of nitrogens with zero attached hydrogens (tertiary/aromatic N) is 1. The normalized spacial score (nSPS) is 12.0. The lowest BCUT2D eigenvalue weighted by atomic mass is 10.1. The van der Waals surface area contributed by atoms with Crippen molar-refractivity contribution in [3.63, 3.8) is 0 Å². The highest BCUT2D eigenvalue weighted by Crippen LogP contribution is 2.25. The van der Waals surface area contributed by atoms with E-state index in [4.69, 9.17) is 23.2 Å². The monoisotopic (exact) mass is 484 g/mol. The molecule has 0 fully saturated rings. The second-order valence-electron chi connectivity index (χ2n) is 7.66. The second-order valence-corrected chi connectivity index (χ2v) is 9.49. The van der Waals surface area contributed by atoms with Crippen molar-refractivity contribution in [2.45, 2.75) is 39.1 Å². The van der Waals surface area contributed by atoms with Crippen LogP contribution in [0.1, 0.15) is 31.9 Å². The number of carbonyl (C=O) groups is 2. The van der Waals surface area contributed by atoms with Crippen LogP contribution in [0.15, 0.2) is 42.5 Å². The van der Waals surface area contributed by atoms with E-state index in [1.165, 1.54) is 22.7 Å². The van der Waals surface area contributed by atoms with Crippen molar-refractivity contribution in [3.8, 4) is 0 Å². The summed E-state index contributed by atoms with van der Waals surface area (Å²) >= 11 is 13.5. The van der Waals surface area contributed by atoms with Gasteiger partial charge in [-0.1, -0.05) is 61.3 Å². The molecule has 4 nitrogen and oxygen atoms in total. The molecular weight excluding hydrogens is 458 g/mol. The van der Waals surface area contributed by atoms with E-state index in [0.29, 0.717) is 27.9 Å². The van der Waals surface area contributed by atoms with Crippen molar-refractivity contribution in [3.05, 3.63) is 69.5 Å². The van der Waals surface area contributed by atoms with Gasteiger partial charge >= 0.3 is 0 Å².